The number of aliphatic hydroxyl groups excluding tert-OH is 4. The Hall–Kier alpha value is -1.21. The lowest BCUT2D eigenvalue weighted by molar-refractivity contribution is -0.132. The topological polar surface area (TPSA) is 110 Å². The molecule has 0 bridgehead atoms. The van der Waals surface area contributed by atoms with Crippen LogP contribution in [0.1, 0.15) is 206 Å². The van der Waals surface area contributed by atoms with Crippen molar-refractivity contribution in [3.8, 4) is 0 Å². The van der Waals surface area contributed by atoms with Crippen LogP contribution in [0.3, 0.4) is 0 Å². The van der Waals surface area contributed by atoms with Gasteiger partial charge in [0.25, 0.3) is 0 Å². The number of unbranched alkanes of at least 4 members (excludes halogenated alkanes) is 24. The standard InChI is InChI=1S/C42H81NO5/c1-3-5-7-9-11-13-15-16-17-18-19-20-21-22-23-24-26-27-29-31-33-35-39(45)41(47)38(37-44)43-42(48)40(46)36-34-32-30-28-25-14-12-10-8-6-4-2/h12,14,27,29,38-41,44-47H,3-11,13,15-26,28,30-37H2,1-2H3,(H,43,48)/b14-12-,29-27+. The molecule has 0 rings (SSSR count). The number of amides is 1. The van der Waals surface area contributed by atoms with E-state index in [9.17, 15) is 25.2 Å². The monoisotopic (exact) mass is 680 g/mol. The summed E-state index contributed by atoms with van der Waals surface area (Å²) < 4.78 is 0. The van der Waals surface area contributed by atoms with E-state index in [1.54, 1.807) is 0 Å². The number of aliphatic hydroxyl groups is 4. The highest BCUT2D eigenvalue weighted by molar-refractivity contribution is 5.80. The summed E-state index contributed by atoms with van der Waals surface area (Å²) in [5, 5.41) is 43.5. The largest absolute Gasteiger partial charge is 0.394 e. The molecule has 0 aromatic carbocycles. The Balaban J connectivity index is 3.77. The molecular weight excluding hydrogens is 598 g/mol. The predicted octanol–water partition coefficient (Wildman–Crippen LogP) is 10.4. The predicted molar refractivity (Wildman–Crippen MR) is 205 cm³/mol. The van der Waals surface area contributed by atoms with E-state index in [1.165, 1.54) is 122 Å². The molecule has 4 atom stereocenters. The summed E-state index contributed by atoms with van der Waals surface area (Å²) in [5.41, 5.74) is 0. The fourth-order valence-electron chi connectivity index (χ4n) is 6.28. The minimum Gasteiger partial charge on any atom is -0.394 e. The molecule has 0 saturated carbocycles. The van der Waals surface area contributed by atoms with Crippen molar-refractivity contribution in [1.29, 1.82) is 0 Å². The van der Waals surface area contributed by atoms with Crippen LogP contribution in [-0.2, 0) is 4.79 Å². The normalized spacial score (nSPS) is 14.5. The van der Waals surface area contributed by atoms with Gasteiger partial charge in [-0.05, 0) is 64.2 Å². The number of hydrogen-bond acceptors (Lipinski definition) is 5. The van der Waals surface area contributed by atoms with Crippen molar-refractivity contribution in [2.45, 2.75) is 231 Å². The quantitative estimate of drug-likeness (QED) is 0.0332. The molecule has 284 valence electrons. The van der Waals surface area contributed by atoms with Gasteiger partial charge in [0, 0.05) is 0 Å². The van der Waals surface area contributed by atoms with Gasteiger partial charge in [0.05, 0.1) is 18.8 Å². The molecule has 48 heavy (non-hydrogen) atoms. The summed E-state index contributed by atoms with van der Waals surface area (Å²) in [6.07, 6.45) is 40.7. The maximum atomic E-state index is 12.4. The zero-order valence-corrected chi connectivity index (χ0v) is 31.7. The lowest BCUT2D eigenvalue weighted by atomic mass is 10.00. The molecule has 4 unspecified atom stereocenters. The number of hydrogen-bond donors (Lipinski definition) is 5. The minimum atomic E-state index is -1.28. The summed E-state index contributed by atoms with van der Waals surface area (Å²) in [6.45, 7) is 4.00. The van der Waals surface area contributed by atoms with E-state index >= 15 is 0 Å². The molecule has 0 aromatic rings. The first-order valence-corrected chi connectivity index (χ1v) is 20.7. The molecule has 0 saturated heterocycles. The Kier molecular flexibility index (Phi) is 36.1. The van der Waals surface area contributed by atoms with Crippen LogP contribution in [0, 0.1) is 0 Å². The number of carbonyl (C=O) groups is 1. The molecule has 0 radical (unpaired) electrons. The Morgan fingerprint density at radius 2 is 0.854 bits per heavy atom. The minimum absolute atomic E-state index is 0.348. The van der Waals surface area contributed by atoms with Gasteiger partial charge in [-0.25, -0.2) is 0 Å². The Morgan fingerprint density at radius 1 is 0.500 bits per heavy atom. The first kappa shape index (κ1) is 46.8. The van der Waals surface area contributed by atoms with Crippen molar-refractivity contribution < 1.29 is 25.2 Å². The van der Waals surface area contributed by atoms with Crippen LogP contribution in [0.15, 0.2) is 24.3 Å². The molecule has 0 heterocycles. The highest BCUT2D eigenvalue weighted by Crippen LogP contribution is 2.15. The van der Waals surface area contributed by atoms with Crippen molar-refractivity contribution in [3.63, 3.8) is 0 Å². The fourth-order valence-corrected chi connectivity index (χ4v) is 6.28. The van der Waals surface area contributed by atoms with Crippen LogP contribution in [0.25, 0.3) is 0 Å². The fraction of sp³-hybridized carbons (Fsp3) is 0.881. The first-order valence-electron chi connectivity index (χ1n) is 20.7. The second-order valence-corrected chi connectivity index (χ2v) is 14.3. The van der Waals surface area contributed by atoms with Crippen LogP contribution < -0.4 is 5.32 Å². The number of allylic oxidation sites excluding steroid dienone is 4. The molecule has 0 aromatic heterocycles. The highest BCUT2D eigenvalue weighted by atomic mass is 16.3. The van der Waals surface area contributed by atoms with E-state index in [1.807, 2.05) is 0 Å². The maximum absolute atomic E-state index is 12.4. The van der Waals surface area contributed by atoms with Crippen molar-refractivity contribution in [1.82, 2.24) is 5.32 Å². The molecule has 0 aliphatic carbocycles. The van der Waals surface area contributed by atoms with Gasteiger partial charge < -0.3 is 25.7 Å². The third kappa shape index (κ3) is 30.8. The second kappa shape index (κ2) is 37.1. The Labute approximate surface area is 297 Å². The smallest absolute Gasteiger partial charge is 0.249 e. The van der Waals surface area contributed by atoms with E-state index < -0.39 is 36.9 Å². The van der Waals surface area contributed by atoms with Gasteiger partial charge in [-0.1, -0.05) is 167 Å². The van der Waals surface area contributed by atoms with Gasteiger partial charge in [-0.15, -0.1) is 0 Å². The van der Waals surface area contributed by atoms with E-state index in [2.05, 4.69) is 43.5 Å². The van der Waals surface area contributed by atoms with Gasteiger partial charge in [-0.2, -0.15) is 0 Å². The van der Waals surface area contributed by atoms with Gasteiger partial charge in [0.1, 0.15) is 12.2 Å². The van der Waals surface area contributed by atoms with Crippen LogP contribution in [-0.4, -0.2) is 57.3 Å². The molecule has 0 fully saturated rings. The van der Waals surface area contributed by atoms with Gasteiger partial charge in [0.2, 0.25) is 5.91 Å². The molecule has 1 amide bonds. The van der Waals surface area contributed by atoms with Crippen molar-refractivity contribution >= 4 is 5.91 Å². The zero-order valence-electron chi connectivity index (χ0n) is 31.7. The highest BCUT2D eigenvalue weighted by Gasteiger charge is 2.28. The van der Waals surface area contributed by atoms with Crippen molar-refractivity contribution in [2.24, 2.45) is 0 Å². The van der Waals surface area contributed by atoms with E-state index in [4.69, 9.17) is 0 Å². The van der Waals surface area contributed by atoms with Crippen LogP contribution in [0.5, 0.6) is 0 Å². The summed E-state index contributed by atoms with van der Waals surface area (Å²) >= 11 is 0. The first-order chi connectivity index (χ1) is 23.5. The van der Waals surface area contributed by atoms with E-state index in [0.717, 1.165) is 57.8 Å². The van der Waals surface area contributed by atoms with Crippen LogP contribution >= 0.6 is 0 Å². The summed E-state index contributed by atoms with van der Waals surface area (Å²) in [6, 6.07) is -1.00. The van der Waals surface area contributed by atoms with Crippen molar-refractivity contribution in [2.75, 3.05) is 6.61 Å². The SMILES string of the molecule is CCCCC/C=C\CCCCCCC(O)C(=O)NC(CO)C(O)C(O)CCC/C=C/CCCCCCCCCCCCCCCCCC. The van der Waals surface area contributed by atoms with Gasteiger partial charge in [0.15, 0.2) is 0 Å². The van der Waals surface area contributed by atoms with Gasteiger partial charge >= 0.3 is 0 Å². The molecule has 0 aliphatic rings. The average molecular weight is 680 g/mol. The van der Waals surface area contributed by atoms with Crippen LogP contribution in [0.4, 0.5) is 0 Å². The number of rotatable bonds is 37. The second-order valence-electron chi connectivity index (χ2n) is 14.3. The molecular formula is C42H81NO5. The van der Waals surface area contributed by atoms with E-state index in [0.29, 0.717) is 12.8 Å². The summed E-state index contributed by atoms with van der Waals surface area (Å²) in [7, 11) is 0. The molecule has 6 heteroatoms. The Morgan fingerprint density at radius 3 is 1.29 bits per heavy atom. The zero-order chi connectivity index (χ0) is 35.3. The lowest BCUT2D eigenvalue weighted by Gasteiger charge is -2.27. The maximum Gasteiger partial charge on any atom is 0.249 e. The van der Waals surface area contributed by atoms with Gasteiger partial charge in [-0.3, -0.25) is 4.79 Å². The summed E-state index contributed by atoms with van der Waals surface area (Å²) in [5.74, 6) is -0.604. The average Bonchev–Trinajstić information content (AvgIpc) is 3.09. The third-order valence-electron chi connectivity index (χ3n) is 9.63. The molecule has 5 N–H and O–H groups in total. The van der Waals surface area contributed by atoms with E-state index in [-0.39, 0.29) is 0 Å². The molecule has 6 nitrogen and oxygen atoms in total. The number of nitrogens with one attached hydrogen (secondary N) is 1. The molecule has 0 spiro atoms. The van der Waals surface area contributed by atoms with Crippen molar-refractivity contribution in [3.05, 3.63) is 24.3 Å². The van der Waals surface area contributed by atoms with Crippen LogP contribution in [0.2, 0.25) is 0 Å². The Bertz CT molecular complexity index is 727. The summed E-state index contributed by atoms with van der Waals surface area (Å²) in [4.78, 5) is 12.4. The third-order valence-corrected chi connectivity index (χ3v) is 9.63. The lowest BCUT2D eigenvalue weighted by Crippen LogP contribution is -2.53. The molecule has 0 aliphatic heterocycles. The number of carbonyl (C=O) groups excluding carboxylic acids is 1.